The largest absolute Gasteiger partial charge is 0.278 e. The molecule has 1 heterocycles. The highest BCUT2D eigenvalue weighted by Crippen LogP contribution is 2.17. The van der Waals surface area contributed by atoms with Crippen LogP contribution in [0.15, 0.2) is 12.3 Å². The number of carbonyl (C=O) groups is 1. The van der Waals surface area contributed by atoms with Crippen LogP contribution in [0.4, 0.5) is 5.95 Å². The van der Waals surface area contributed by atoms with E-state index in [2.05, 4.69) is 30.7 Å². The maximum absolute atomic E-state index is 12.3. The van der Waals surface area contributed by atoms with E-state index in [1.807, 2.05) is 13.0 Å². The Kier molecular flexibility index (Phi) is 6.46. The molecule has 0 bridgehead atoms. The van der Waals surface area contributed by atoms with Gasteiger partial charge in [0, 0.05) is 24.4 Å². The van der Waals surface area contributed by atoms with Crippen LogP contribution in [0.3, 0.4) is 0 Å². The molecule has 0 spiro atoms. The third-order valence-corrected chi connectivity index (χ3v) is 3.16. The van der Waals surface area contributed by atoms with E-state index >= 15 is 0 Å². The van der Waals surface area contributed by atoms with E-state index in [0.29, 0.717) is 12.4 Å². The van der Waals surface area contributed by atoms with Crippen LogP contribution in [0.5, 0.6) is 0 Å². The number of anilines is 1. The molecule has 1 rings (SSSR count). The third kappa shape index (κ3) is 4.30. The van der Waals surface area contributed by atoms with E-state index in [0.717, 1.165) is 31.4 Å². The van der Waals surface area contributed by atoms with Gasteiger partial charge in [-0.15, -0.1) is 0 Å². The monoisotopic (exact) mass is 263 g/mol. The van der Waals surface area contributed by atoms with Gasteiger partial charge in [0.15, 0.2) is 0 Å². The fourth-order valence-corrected chi connectivity index (χ4v) is 2.13. The molecule has 1 unspecified atom stereocenters. The molecule has 1 aromatic heterocycles. The zero-order valence-corrected chi connectivity index (χ0v) is 12.5. The summed E-state index contributed by atoms with van der Waals surface area (Å²) < 4.78 is 0. The lowest BCUT2D eigenvalue weighted by atomic mass is 10.1. The summed E-state index contributed by atoms with van der Waals surface area (Å²) in [6, 6.07) is 2.05. The molecular formula is C15H25N3O. The lowest BCUT2D eigenvalue weighted by Gasteiger charge is -2.27. The summed E-state index contributed by atoms with van der Waals surface area (Å²) in [5.41, 5.74) is 0.975. The standard InChI is InChI=1S/C15H25N3O/c1-5-8-12(4)18(14(19)9-6-2)15-16-11-10-13(7-3)17-15/h10-12H,5-9H2,1-4H3. The van der Waals surface area contributed by atoms with Crippen LogP contribution < -0.4 is 4.90 Å². The van der Waals surface area contributed by atoms with Gasteiger partial charge in [0.05, 0.1) is 0 Å². The first-order valence-electron chi connectivity index (χ1n) is 7.27. The highest BCUT2D eigenvalue weighted by Gasteiger charge is 2.23. The van der Waals surface area contributed by atoms with Crippen molar-refractivity contribution < 1.29 is 4.79 Å². The predicted octanol–water partition coefficient (Wildman–Crippen LogP) is 3.36. The third-order valence-electron chi connectivity index (χ3n) is 3.16. The van der Waals surface area contributed by atoms with Crippen molar-refractivity contribution in [3.63, 3.8) is 0 Å². The zero-order valence-electron chi connectivity index (χ0n) is 12.5. The molecule has 0 aromatic carbocycles. The Labute approximate surface area is 116 Å². The van der Waals surface area contributed by atoms with Crippen molar-refractivity contribution in [3.05, 3.63) is 18.0 Å². The van der Waals surface area contributed by atoms with Crippen molar-refractivity contribution >= 4 is 11.9 Å². The van der Waals surface area contributed by atoms with E-state index in [1.54, 1.807) is 11.1 Å². The summed E-state index contributed by atoms with van der Waals surface area (Å²) >= 11 is 0. The van der Waals surface area contributed by atoms with Crippen LogP contribution in [0.1, 0.15) is 59.1 Å². The number of amides is 1. The van der Waals surface area contributed by atoms with Crippen molar-refractivity contribution in [1.82, 2.24) is 9.97 Å². The van der Waals surface area contributed by atoms with Gasteiger partial charge in [-0.25, -0.2) is 9.97 Å². The summed E-state index contributed by atoms with van der Waals surface area (Å²) in [4.78, 5) is 22.9. The van der Waals surface area contributed by atoms with Gasteiger partial charge in [0.1, 0.15) is 0 Å². The second-order valence-electron chi connectivity index (χ2n) is 4.85. The summed E-state index contributed by atoms with van der Waals surface area (Å²) in [7, 11) is 0. The van der Waals surface area contributed by atoms with Gasteiger partial charge >= 0.3 is 0 Å². The van der Waals surface area contributed by atoms with E-state index in [1.165, 1.54) is 0 Å². The topological polar surface area (TPSA) is 46.1 Å². The first-order valence-corrected chi connectivity index (χ1v) is 7.27. The normalized spacial score (nSPS) is 12.2. The van der Waals surface area contributed by atoms with Crippen LogP contribution in [-0.4, -0.2) is 21.9 Å². The highest BCUT2D eigenvalue weighted by molar-refractivity contribution is 5.92. The van der Waals surface area contributed by atoms with Gasteiger partial charge in [-0.05, 0) is 32.3 Å². The Hall–Kier alpha value is -1.45. The summed E-state index contributed by atoms with van der Waals surface area (Å²) in [5, 5.41) is 0. The maximum Gasteiger partial charge on any atom is 0.232 e. The first-order chi connectivity index (χ1) is 9.13. The van der Waals surface area contributed by atoms with Crippen LogP contribution in [-0.2, 0) is 11.2 Å². The molecule has 0 N–H and O–H groups in total. The summed E-state index contributed by atoms with van der Waals surface area (Å²) in [6.07, 6.45) is 6.01. The molecule has 0 saturated heterocycles. The van der Waals surface area contributed by atoms with Gasteiger partial charge in [0.25, 0.3) is 0 Å². The van der Waals surface area contributed by atoms with Crippen molar-refractivity contribution in [2.75, 3.05) is 4.90 Å². The Bertz CT molecular complexity index is 406. The SMILES string of the molecule is CCCC(=O)N(c1nccc(CC)n1)C(C)CCC. The average molecular weight is 263 g/mol. The molecule has 0 fully saturated rings. The van der Waals surface area contributed by atoms with E-state index in [-0.39, 0.29) is 11.9 Å². The lowest BCUT2D eigenvalue weighted by molar-refractivity contribution is -0.119. The molecule has 0 aliphatic carbocycles. The number of rotatable bonds is 7. The zero-order chi connectivity index (χ0) is 14.3. The fourth-order valence-electron chi connectivity index (χ4n) is 2.13. The van der Waals surface area contributed by atoms with Crippen molar-refractivity contribution in [3.8, 4) is 0 Å². The summed E-state index contributed by atoms with van der Waals surface area (Å²) in [6.45, 7) is 8.27. The molecule has 106 valence electrons. The molecule has 1 amide bonds. The van der Waals surface area contributed by atoms with Crippen molar-refractivity contribution in [2.45, 2.75) is 65.8 Å². The molecule has 0 radical (unpaired) electrons. The smallest absolute Gasteiger partial charge is 0.232 e. The minimum absolute atomic E-state index is 0.122. The Morgan fingerprint density at radius 2 is 2.05 bits per heavy atom. The van der Waals surface area contributed by atoms with Crippen molar-refractivity contribution in [2.24, 2.45) is 0 Å². The van der Waals surface area contributed by atoms with Gasteiger partial charge in [-0.1, -0.05) is 27.2 Å². The molecule has 0 saturated carbocycles. The molecule has 4 heteroatoms. The van der Waals surface area contributed by atoms with Gasteiger partial charge in [-0.3, -0.25) is 9.69 Å². The van der Waals surface area contributed by atoms with E-state index < -0.39 is 0 Å². The lowest BCUT2D eigenvalue weighted by Crippen LogP contribution is -2.40. The Morgan fingerprint density at radius 3 is 2.63 bits per heavy atom. The maximum atomic E-state index is 12.3. The molecule has 4 nitrogen and oxygen atoms in total. The van der Waals surface area contributed by atoms with Crippen LogP contribution in [0.25, 0.3) is 0 Å². The minimum atomic E-state index is 0.122. The minimum Gasteiger partial charge on any atom is -0.278 e. The first kappa shape index (κ1) is 15.6. The molecule has 1 atom stereocenters. The second-order valence-corrected chi connectivity index (χ2v) is 4.85. The Balaban J connectivity index is 3.03. The molecule has 0 aliphatic rings. The molecular weight excluding hydrogens is 238 g/mol. The average Bonchev–Trinajstić information content (AvgIpc) is 2.40. The van der Waals surface area contributed by atoms with E-state index in [4.69, 9.17) is 0 Å². The van der Waals surface area contributed by atoms with E-state index in [9.17, 15) is 4.79 Å². The van der Waals surface area contributed by atoms with Crippen molar-refractivity contribution in [1.29, 1.82) is 0 Å². The van der Waals surface area contributed by atoms with Gasteiger partial charge in [0.2, 0.25) is 11.9 Å². The molecule has 0 aliphatic heterocycles. The number of nitrogens with zero attached hydrogens (tertiary/aromatic N) is 3. The fraction of sp³-hybridized carbons (Fsp3) is 0.667. The quantitative estimate of drug-likeness (QED) is 0.757. The molecule has 19 heavy (non-hydrogen) atoms. The van der Waals surface area contributed by atoms with Gasteiger partial charge < -0.3 is 0 Å². The second kappa shape index (κ2) is 7.87. The number of hydrogen-bond donors (Lipinski definition) is 0. The number of carbonyl (C=O) groups excluding carboxylic acids is 1. The Morgan fingerprint density at radius 1 is 1.32 bits per heavy atom. The number of aromatic nitrogens is 2. The number of aryl methyl sites for hydroxylation is 1. The van der Waals surface area contributed by atoms with Crippen LogP contribution >= 0.6 is 0 Å². The highest BCUT2D eigenvalue weighted by atomic mass is 16.2. The summed E-state index contributed by atoms with van der Waals surface area (Å²) in [5.74, 6) is 0.676. The number of hydrogen-bond acceptors (Lipinski definition) is 3. The van der Waals surface area contributed by atoms with Crippen LogP contribution in [0.2, 0.25) is 0 Å². The predicted molar refractivity (Wildman–Crippen MR) is 78.2 cm³/mol. The van der Waals surface area contributed by atoms with Gasteiger partial charge in [-0.2, -0.15) is 0 Å². The van der Waals surface area contributed by atoms with Crippen LogP contribution in [0, 0.1) is 0 Å². The molecule has 1 aromatic rings.